The summed E-state index contributed by atoms with van der Waals surface area (Å²) in [7, 11) is 0. The van der Waals surface area contributed by atoms with E-state index in [0.717, 1.165) is 5.69 Å². The van der Waals surface area contributed by atoms with Crippen molar-refractivity contribution < 1.29 is 9.21 Å². The number of nitrogens with one attached hydrogen (secondary N) is 1. The van der Waals surface area contributed by atoms with Gasteiger partial charge >= 0.3 is 0 Å². The normalized spacial score (nSPS) is 10.8. The van der Waals surface area contributed by atoms with Crippen molar-refractivity contribution in [3.8, 4) is 17.1 Å². The van der Waals surface area contributed by atoms with Crippen LogP contribution in [0, 0.1) is 0 Å². The van der Waals surface area contributed by atoms with Gasteiger partial charge < -0.3 is 9.73 Å². The van der Waals surface area contributed by atoms with Gasteiger partial charge in [-0.1, -0.05) is 29.3 Å². The van der Waals surface area contributed by atoms with Crippen molar-refractivity contribution in [2.75, 3.05) is 6.54 Å². The molecule has 0 unspecified atom stereocenters. The van der Waals surface area contributed by atoms with E-state index in [2.05, 4.69) is 15.4 Å². The molecule has 1 amide bonds. The molecular weight excluding hydrogens is 411 g/mol. The Hall–Kier alpha value is -3.09. The Morgan fingerprint density at radius 1 is 1.07 bits per heavy atom. The second-order valence-electron chi connectivity index (χ2n) is 6.23. The van der Waals surface area contributed by atoms with Crippen LogP contribution >= 0.6 is 23.2 Å². The molecule has 4 rings (SSSR count). The quantitative estimate of drug-likeness (QED) is 0.480. The minimum atomic E-state index is -0.266. The number of benzene rings is 1. The predicted octanol–water partition coefficient (Wildman–Crippen LogP) is 4.81. The summed E-state index contributed by atoms with van der Waals surface area (Å²) in [5.41, 5.74) is 2.42. The summed E-state index contributed by atoms with van der Waals surface area (Å²) < 4.78 is 6.95. The van der Waals surface area contributed by atoms with Gasteiger partial charge in [0, 0.05) is 30.9 Å². The fourth-order valence-electron chi connectivity index (χ4n) is 2.84. The Kier molecular flexibility index (Phi) is 5.64. The molecule has 0 aliphatic rings. The molecule has 3 aromatic heterocycles. The van der Waals surface area contributed by atoms with E-state index in [4.69, 9.17) is 27.6 Å². The van der Waals surface area contributed by atoms with Gasteiger partial charge in [-0.15, -0.1) is 0 Å². The lowest BCUT2D eigenvalue weighted by Crippen LogP contribution is -2.28. The molecule has 0 spiro atoms. The van der Waals surface area contributed by atoms with Crippen molar-refractivity contribution in [2.45, 2.75) is 6.42 Å². The van der Waals surface area contributed by atoms with E-state index in [1.807, 2.05) is 18.2 Å². The first-order valence-corrected chi connectivity index (χ1v) is 9.65. The van der Waals surface area contributed by atoms with Gasteiger partial charge in [-0.3, -0.25) is 9.78 Å². The molecule has 3 heterocycles. The largest absolute Gasteiger partial charge is 0.463 e. The van der Waals surface area contributed by atoms with Crippen LogP contribution in [-0.4, -0.2) is 27.2 Å². The highest BCUT2D eigenvalue weighted by Crippen LogP contribution is 2.27. The summed E-state index contributed by atoms with van der Waals surface area (Å²) in [6, 6.07) is 16.0. The fourth-order valence-corrected chi connectivity index (χ4v) is 3.13. The first-order chi connectivity index (χ1) is 14.1. The molecule has 1 aromatic carbocycles. The predicted molar refractivity (Wildman–Crippen MR) is 112 cm³/mol. The van der Waals surface area contributed by atoms with Gasteiger partial charge in [-0.25, -0.2) is 4.68 Å². The first kappa shape index (κ1) is 19.2. The van der Waals surface area contributed by atoms with E-state index in [1.54, 1.807) is 48.9 Å². The standard InChI is InChI=1S/C21H16Cl2N4O2/c22-16-7-6-15(12-17(16)23)27-19(13-18(26-27)20-5-3-11-29-20)21(28)25-10-8-14-4-1-2-9-24-14/h1-7,9,11-13H,8,10H2,(H,25,28). The molecule has 29 heavy (non-hydrogen) atoms. The maximum atomic E-state index is 12.9. The number of nitrogens with zero attached hydrogens (tertiary/aromatic N) is 3. The van der Waals surface area contributed by atoms with Crippen molar-refractivity contribution in [1.29, 1.82) is 0 Å². The molecule has 1 N–H and O–H groups in total. The van der Waals surface area contributed by atoms with E-state index < -0.39 is 0 Å². The van der Waals surface area contributed by atoms with Crippen LogP contribution in [0.3, 0.4) is 0 Å². The highest BCUT2D eigenvalue weighted by atomic mass is 35.5. The molecule has 6 nitrogen and oxygen atoms in total. The lowest BCUT2D eigenvalue weighted by molar-refractivity contribution is 0.0946. The summed E-state index contributed by atoms with van der Waals surface area (Å²) in [5.74, 6) is 0.295. The number of carbonyl (C=O) groups is 1. The number of hydrogen-bond acceptors (Lipinski definition) is 4. The Labute approximate surface area is 177 Å². The number of hydrogen-bond donors (Lipinski definition) is 1. The van der Waals surface area contributed by atoms with Crippen molar-refractivity contribution in [3.63, 3.8) is 0 Å². The second-order valence-corrected chi connectivity index (χ2v) is 7.04. The van der Waals surface area contributed by atoms with Crippen LogP contribution in [-0.2, 0) is 6.42 Å². The third-order valence-corrected chi connectivity index (χ3v) is 5.00. The van der Waals surface area contributed by atoms with Crippen LogP contribution in [0.2, 0.25) is 10.0 Å². The number of amides is 1. The zero-order valence-corrected chi connectivity index (χ0v) is 16.7. The maximum absolute atomic E-state index is 12.9. The summed E-state index contributed by atoms with van der Waals surface area (Å²) in [6.45, 7) is 0.443. The molecule has 0 fully saturated rings. The SMILES string of the molecule is O=C(NCCc1ccccn1)c1cc(-c2ccco2)nn1-c1ccc(Cl)c(Cl)c1. The van der Waals surface area contributed by atoms with Crippen LogP contribution in [0.15, 0.2) is 71.5 Å². The second kappa shape index (κ2) is 8.51. The number of aromatic nitrogens is 3. The van der Waals surface area contributed by atoms with Gasteiger partial charge in [0.1, 0.15) is 11.4 Å². The average Bonchev–Trinajstić information content (AvgIpc) is 3.40. The number of carbonyl (C=O) groups excluding carboxylic acids is 1. The van der Waals surface area contributed by atoms with Gasteiger partial charge in [0.2, 0.25) is 0 Å². The van der Waals surface area contributed by atoms with Gasteiger partial charge in [0.15, 0.2) is 5.76 Å². The highest BCUT2D eigenvalue weighted by Gasteiger charge is 2.19. The molecule has 0 bridgehead atoms. The Bertz CT molecular complexity index is 1130. The summed E-state index contributed by atoms with van der Waals surface area (Å²) in [4.78, 5) is 17.1. The Morgan fingerprint density at radius 3 is 2.69 bits per heavy atom. The van der Waals surface area contributed by atoms with E-state index in [-0.39, 0.29) is 5.91 Å². The van der Waals surface area contributed by atoms with E-state index in [0.29, 0.717) is 45.8 Å². The monoisotopic (exact) mass is 426 g/mol. The summed E-state index contributed by atoms with van der Waals surface area (Å²) in [5, 5.41) is 8.24. The van der Waals surface area contributed by atoms with Crippen LogP contribution in [0.1, 0.15) is 16.2 Å². The van der Waals surface area contributed by atoms with E-state index in [1.165, 1.54) is 4.68 Å². The van der Waals surface area contributed by atoms with E-state index >= 15 is 0 Å². The molecule has 0 radical (unpaired) electrons. The first-order valence-electron chi connectivity index (χ1n) is 8.89. The smallest absolute Gasteiger partial charge is 0.270 e. The average molecular weight is 427 g/mol. The van der Waals surface area contributed by atoms with Crippen molar-refractivity contribution in [3.05, 3.63) is 88.5 Å². The van der Waals surface area contributed by atoms with Crippen molar-refractivity contribution in [1.82, 2.24) is 20.1 Å². The minimum Gasteiger partial charge on any atom is -0.463 e. The Balaban J connectivity index is 1.61. The Morgan fingerprint density at radius 2 is 1.97 bits per heavy atom. The lowest BCUT2D eigenvalue weighted by Gasteiger charge is -2.09. The molecular formula is C21H16Cl2N4O2. The highest BCUT2D eigenvalue weighted by molar-refractivity contribution is 6.42. The third-order valence-electron chi connectivity index (χ3n) is 4.26. The third kappa shape index (κ3) is 4.34. The topological polar surface area (TPSA) is 73.0 Å². The van der Waals surface area contributed by atoms with Crippen molar-refractivity contribution >= 4 is 29.1 Å². The zero-order valence-electron chi connectivity index (χ0n) is 15.2. The summed E-state index contributed by atoms with van der Waals surface area (Å²) >= 11 is 12.2. The number of furan rings is 1. The van der Waals surface area contributed by atoms with Gasteiger partial charge in [0.25, 0.3) is 5.91 Å². The number of rotatable bonds is 6. The maximum Gasteiger partial charge on any atom is 0.270 e. The van der Waals surface area contributed by atoms with Crippen molar-refractivity contribution in [2.24, 2.45) is 0 Å². The van der Waals surface area contributed by atoms with Crippen LogP contribution in [0.4, 0.5) is 0 Å². The van der Waals surface area contributed by atoms with Gasteiger partial charge in [0.05, 0.1) is 22.0 Å². The van der Waals surface area contributed by atoms with Crippen LogP contribution in [0.5, 0.6) is 0 Å². The molecule has 8 heteroatoms. The fraction of sp³-hybridized carbons (Fsp3) is 0.0952. The van der Waals surface area contributed by atoms with Gasteiger partial charge in [-0.2, -0.15) is 5.10 Å². The minimum absolute atomic E-state index is 0.266. The zero-order chi connectivity index (χ0) is 20.2. The van der Waals surface area contributed by atoms with Crippen LogP contribution in [0.25, 0.3) is 17.1 Å². The van der Waals surface area contributed by atoms with E-state index in [9.17, 15) is 4.79 Å². The molecule has 0 saturated heterocycles. The molecule has 4 aromatic rings. The molecule has 0 atom stereocenters. The lowest BCUT2D eigenvalue weighted by atomic mass is 10.2. The number of halogens is 2. The summed E-state index contributed by atoms with van der Waals surface area (Å²) in [6.07, 6.45) is 3.91. The number of pyridine rings is 1. The molecule has 0 aliphatic carbocycles. The molecule has 0 saturated carbocycles. The van der Waals surface area contributed by atoms with Crippen LogP contribution < -0.4 is 5.32 Å². The molecule has 146 valence electrons. The van der Waals surface area contributed by atoms with Gasteiger partial charge in [-0.05, 0) is 42.5 Å². The molecule has 0 aliphatic heterocycles.